The van der Waals surface area contributed by atoms with E-state index in [1.807, 2.05) is 0 Å². The van der Waals surface area contributed by atoms with Crippen molar-refractivity contribution in [3.05, 3.63) is 22.7 Å². The first-order chi connectivity index (χ1) is 10.7. The molecule has 2 aromatic rings. The lowest BCUT2D eigenvalue weighted by Gasteiger charge is -2.16. The molecule has 3 heterocycles. The summed E-state index contributed by atoms with van der Waals surface area (Å²) in [7, 11) is 1.53. The zero-order valence-corrected chi connectivity index (χ0v) is 13.0. The van der Waals surface area contributed by atoms with E-state index in [9.17, 15) is 4.79 Å². The summed E-state index contributed by atoms with van der Waals surface area (Å²) in [5.41, 5.74) is 0.667. The summed E-state index contributed by atoms with van der Waals surface area (Å²) in [5.74, 6) is 0.818. The molecule has 0 aliphatic carbocycles. The molecule has 0 N–H and O–H groups in total. The van der Waals surface area contributed by atoms with Crippen LogP contribution in [0, 0.1) is 6.92 Å². The first-order valence-electron chi connectivity index (χ1n) is 6.80. The van der Waals surface area contributed by atoms with Crippen molar-refractivity contribution in [2.75, 3.05) is 20.2 Å². The highest BCUT2D eigenvalue weighted by molar-refractivity contribution is 7.07. The van der Waals surface area contributed by atoms with E-state index in [-0.39, 0.29) is 12.0 Å². The van der Waals surface area contributed by atoms with Gasteiger partial charge in [0.05, 0.1) is 19.3 Å². The van der Waals surface area contributed by atoms with Crippen molar-refractivity contribution in [1.29, 1.82) is 0 Å². The van der Waals surface area contributed by atoms with Gasteiger partial charge in [0, 0.05) is 25.1 Å². The second kappa shape index (κ2) is 6.22. The highest BCUT2D eigenvalue weighted by Crippen LogP contribution is 2.21. The van der Waals surface area contributed by atoms with Crippen molar-refractivity contribution in [3.8, 4) is 11.8 Å². The van der Waals surface area contributed by atoms with Gasteiger partial charge in [-0.1, -0.05) is 4.49 Å². The Morgan fingerprint density at radius 2 is 2.09 bits per heavy atom. The molecule has 1 amide bonds. The monoisotopic (exact) mass is 321 g/mol. The second-order valence-electron chi connectivity index (χ2n) is 4.88. The molecule has 9 heteroatoms. The summed E-state index contributed by atoms with van der Waals surface area (Å²) >= 11 is 1.12. The van der Waals surface area contributed by atoms with Crippen LogP contribution >= 0.6 is 11.5 Å². The summed E-state index contributed by atoms with van der Waals surface area (Å²) in [6.07, 6.45) is 0.665. The predicted octanol–water partition coefficient (Wildman–Crippen LogP) is 0.939. The molecule has 116 valence electrons. The maximum atomic E-state index is 12.4. The van der Waals surface area contributed by atoms with Gasteiger partial charge in [-0.05, 0) is 18.5 Å². The number of ether oxygens (including phenoxy) is 2. The fraction of sp³-hybridized carbons (Fsp3) is 0.462. The number of nitrogens with zero attached hydrogens (tertiary/aromatic N) is 5. The summed E-state index contributed by atoms with van der Waals surface area (Å²) < 4.78 is 14.5. The molecule has 1 aliphatic heterocycles. The number of aromatic nitrogens is 4. The van der Waals surface area contributed by atoms with Gasteiger partial charge in [0.1, 0.15) is 11.0 Å². The number of rotatable bonds is 4. The van der Waals surface area contributed by atoms with Crippen LogP contribution in [0.5, 0.6) is 11.8 Å². The van der Waals surface area contributed by atoms with Crippen LogP contribution in [0.4, 0.5) is 0 Å². The van der Waals surface area contributed by atoms with Gasteiger partial charge in [0.25, 0.3) is 5.91 Å². The van der Waals surface area contributed by atoms with E-state index >= 15 is 0 Å². The lowest BCUT2D eigenvalue weighted by atomic mass is 10.3. The Balaban J connectivity index is 1.60. The number of aryl methyl sites for hydroxylation is 1. The smallest absolute Gasteiger partial charge is 0.267 e. The van der Waals surface area contributed by atoms with Gasteiger partial charge in [-0.2, -0.15) is 0 Å². The van der Waals surface area contributed by atoms with E-state index in [1.54, 1.807) is 24.0 Å². The predicted molar refractivity (Wildman–Crippen MR) is 78.2 cm³/mol. The highest BCUT2D eigenvalue weighted by Gasteiger charge is 2.30. The largest absolute Gasteiger partial charge is 0.480 e. The van der Waals surface area contributed by atoms with Gasteiger partial charge in [-0.25, -0.2) is 0 Å². The maximum absolute atomic E-state index is 12.4. The van der Waals surface area contributed by atoms with Gasteiger partial charge in [0.15, 0.2) is 0 Å². The van der Waals surface area contributed by atoms with Gasteiger partial charge in [-0.15, -0.1) is 15.3 Å². The number of carbonyl (C=O) groups excluding carboxylic acids is 1. The Morgan fingerprint density at radius 1 is 1.32 bits per heavy atom. The SMILES string of the molecule is COc1ccc(OC2CCN(C(=O)c3snnc3C)C2)nn1. The fourth-order valence-corrected chi connectivity index (χ4v) is 2.86. The molecule has 0 saturated carbocycles. The van der Waals surface area contributed by atoms with Crippen molar-refractivity contribution < 1.29 is 14.3 Å². The summed E-state index contributed by atoms with van der Waals surface area (Å²) in [6.45, 7) is 2.95. The molecule has 0 bridgehead atoms. The Bertz CT molecular complexity index is 660. The Kier molecular flexibility index (Phi) is 4.14. The molecule has 1 unspecified atom stereocenters. The number of hydrogen-bond acceptors (Lipinski definition) is 8. The first-order valence-corrected chi connectivity index (χ1v) is 7.57. The second-order valence-corrected chi connectivity index (χ2v) is 5.64. The molecule has 0 aromatic carbocycles. The topological polar surface area (TPSA) is 90.3 Å². The molecule has 1 atom stereocenters. The highest BCUT2D eigenvalue weighted by atomic mass is 32.1. The van der Waals surface area contributed by atoms with Crippen LogP contribution in [0.15, 0.2) is 12.1 Å². The molecule has 3 rings (SSSR count). The molecule has 0 radical (unpaired) electrons. The van der Waals surface area contributed by atoms with Crippen molar-refractivity contribution in [2.24, 2.45) is 0 Å². The molecule has 0 spiro atoms. The minimum Gasteiger partial charge on any atom is -0.480 e. The Hall–Kier alpha value is -2.29. The molecule has 1 saturated heterocycles. The summed E-state index contributed by atoms with van der Waals surface area (Å²) in [5, 5.41) is 11.7. The quantitative estimate of drug-likeness (QED) is 0.827. The van der Waals surface area contributed by atoms with Crippen LogP contribution < -0.4 is 9.47 Å². The minimum absolute atomic E-state index is 0.0422. The lowest BCUT2D eigenvalue weighted by molar-refractivity contribution is 0.0774. The standard InChI is InChI=1S/C13H15N5O3S/c1-8-12(22-17-14-8)13(19)18-6-5-9(7-18)21-11-4-3-10(20-2)15-16-11/h3-4,9H,5-7H2,1-2H3. The molecule has 8 nitrogen and oxygen atoms in total. The van der Waals surface area contributed by atoms with Gasteiger partial charge in [0.2, 0.25) is 11.8 Å². The Morgan fingerprint density at radius 3 is 2.73 bits per heavy atom. The van der Waals surface area contributed by atoms with E-state index in [2.05, 4.69) is 19.8 Å². The number of hydrogen-bond donors (Lipinski definition) is 0. The average molecular weight is 321 g/mol. The van der Waals surface area contributed by atoms with E-state index < -0.39 is 0 Å². The van der Waals surface area contributed by atoms with Crippen LogP contribution in [0.1, 0.15) is 21.8 Å². The number of amides is 1. The van der Waals surface area contributed by atoms with Crippen LogP contribution in [-0.4, -0.2) is 56.9 Å². The first kappa shape index (κ1) is 14.6. The van der Waals surface area contributed by atoms with Crippen LogP contribution in [0.25, 0.3) is 0 Å². The maximum Gasteiger partial charge on any atom is 0.267 e. The third kappa shape index (κ3) is 2.98. The number of methoxy groups -OCH3 is 1. The fourth-order valence-electron chi connectivity index (χ4n) is 2.23. The summed E-state index contributed by atoms with van der Waals surface area (Å²) in [4.78, 5) is 14.7. The van der Waals surface area contributed by atoms with Gasteiger partial charge in [-0.3, -0.25) is 4.79 Å². The van der Waals surface area contributed by atoms with Crippen molar-refractivity contribution in [3.63, 3.8) is 0 Å². The zero-order chi connectivity index (χ0) is 15.5. The number of carbonyl (C=O) groups is 1. The number of likely N-dealkylation sites (tertiary alicyclic amines) is 1. The molecular formula is C13H15N5O3S. The third-order valence-electron chi connectivity index (χ3n) is 3.39. The normalized spacial score (nSPS) is 17.5. The average Bonchev–Trinajstić information content (AvgIpc) is 3.16. The van der Waals surface area contributed by atoms with Gasteiger partial charge < -0.3 is 14.4 Å². The van der Waals surface area contributed by atoms with E-state index in [0.29, 0.717) is 35.4 Å². The van der Waals surface area contributed by atoms with Crippen LogP contribution in [0.3, 0.4) is 0 Å². The van der Waals surface area contributed by atoms with Crippen molar-refractivity contribution in [2.45, 2.75) is 19.4 Å². The zero-order valence-electron chi connectivity index (χ0n) is 12.2. The molecule has 2 aromatic heterocycles. The third-order valence-corrected chi connectivity index (χ3v) is 4.21. The van der Waals surface area contributed by atoms with E-state index in [1.165, 1.54) is 7.11 Å². The van der Waals surface area contributed by atoms with Crippen LogP contribution in [0.2, 0.25) is 0 Å². The van der Waals surface area contributed by atoms with E-state index in [4.69, 9.17) is 9.47 Å². The van der Waals surface area contributed by atoms with Crippen LogP contribution in [-0.2, 0) is 0 Å². The molecular weight excluding hydrogens is 306 g/mol. The lowest BCUT2D eigenvalue weighted by Crippen LogP contribution is -2.30. The molecule has 22 heavy (non-hydrogen) atoms. The summed E-state index contributed by atoms with van der Waals surface area (Å²) in [6, 6.07) is 3.39. The molecule has 1 fully saturated rings. The van der Waals surface area contributed by atoms with Crippen molar-refractivity contribution in [1.82, 2.24) is 24.7 Å². The minimum atomic E-state index is -0.0900. The Labute approximate surface area is 131 Å². The van der Waals surface area contributed by atoms with E-state index in [0.717, 1.165) is 18.0 Å². The van der Waals surface area contributed by atoms with Gasteiger partial charge >= 0.3 is 0 Å². The molecule has 1 aliphatic rings. The van der Waals surface area contributed by atoms with Crippen molar-refractivity contribution >= 4 is 17.4 Å².